The molecule has 0 bridgehead atoms. The molecule has 0 aliphatic heterocycles. The summed E-state index contributed by atoms with van der Waals surface area (Å²) in [6, 6.07) is 17.8. The number of benzene rings is 2. The zero-order valence-corrected chi connectivity index (χ0v) is 16.1. The maximum absolute atomic E-state index is 12.8. The molecule has 2 heterocycles. The van der Waals surface area contributed by atoms with E-state index in [4.69, 9.17) is 0 Å². The van der Waals surface area contributed by atoms with Gasteiger partial charge in [-0.1, -0.05) is 59.8 Å². The highest BCUT2D eigenvalue weighted by Crippen LogP contribution is 2.16. The van der Waals surface area contributed by atoms with Gasteiger partial charge in [-0.2, -0.15) is 0 Å². The second-order valence-electron chi connectivity index (χ2n) is 6.92. The van der Waals surface area contributed by atoms with Gasteiger partial charge in [0.05, 0.1) is 25.1 Å². The van der Waals surface area contributed by atoms with Crippen LogP contribution in [0.1, 0.15) is 33.2 Å². The van der Waals surface area contributed by atoms with Crippen LogP contribution in [0.2, 0.25) is 0 Å². The summed E-state index contributed by atoms with van der Waals surface area (Å²) in [5.74, 6) is -0.255. The molecule has 1 unspecified atom stereocenters. The van der Waals surface area contributed by atoms with Crippen LogP contribution >= 0.6 is 0 Å². The average Bonchev–Trinajstić information content (AvgIpc) is 3.42. The minimum atomic E-state index is -0.255. The molecule has 4 rings (SSSR count). The van der Waals surface area contributed by atoms with Gasteiger partial charge < -0.3 is 9.88 Å². The predicted molar refractivity (Wildman–Crippen MR) is 109 cm³/mol. The summed E-state index contributed by atoms with van der Waals surface area (Å²) in [5, 5.41) is 11.3. The van der Waals surface area contributed by atoms with Crippen molar-refractivity contribution in [2.75, 3.05) is 0 Å². The zero-order valence-electron chi connectivity index (χ0n) is 16.1. The lowest BCUT2D eigenvalue weighted by atomic mass is 10.1. The van der Waals surface area contributed by atoms with Crippen LogP contribution in [0.25, 0.3) is 0 Å². The van der Waals surface area contributed by atoms with Crippen LogP contribution in [0.15, 0.2) is 79.5 Å². The first-order valence-corrected chi connectivity index (χ1v) is 9.45. The Balaban J connectivity index is 1.49. The number of hydrogen-bond acceptors (Lipinski definition) is 4. The Bertz CT molecular complexity index is 1070. The zero-order chi connectivity index (χ0) is 20.1. The van der Waals surface area contributed by atoms with E-state index in [1.807, 2.05) is 59.3 Å². The maximum atomic E-state index is 12.8. The molecule has 0 aliphatic rings. The number of carbonyl (C=O) groups excluding carboxylic acids is 1. The van der Waals surface area contributed by atoms with E-state index >= 15 is 0 Å². The molecule has 1 amide bonds. The molecule has 1 atom stereocenters. The molecule has 7 nitrogen and oxygen atoms in total. The molecule has 0 radical (unpaired) electrons. The van der Waals surface area contributed by atoms with E-state index in [9.17, 15) is 4.79 Å². The number of aryl methyl sites for hydroxylation is 1. The van der Waals surface area contributed by atoms with Crippen molar-refractivity contribution in [3.8, 4) is 0 Å². The van der Waals surface area contributed by atoms with Crippen molar-refractivity contribution in [2.24, 2.45) is 0 Å². The topological polar surface area (TPSA) is 77.6 Å². The van der Waals surface area contributed by atoms with E-state index in [2.05, 4.69) is 33.6 Å². The SMILES string of the molecule is Cc1ccccc1Cn1cc(C(=O)NC(Cn2ccnc2)c2ccccc2)nn1. The number of amides is 1. The molecular weight excluding hydrogens is 364 g/mol. The molecule has 0 saturated carbocycles. The second kappa shape index (κ2) is 8.52. The number of rotatable bonds is 7. The fraction of sp³-hybridized carbons (Fsp3) is 0.182. The average molecular weight is 386 g/mol. The maximum Gasteiger partial charge on any atom is 0.274 e. The fourth-order valence-corrected chi connectivity index (χ4v) is 3.20. The van der Waals surface area contributed by atoms with Crippen LogP contribution in [-0.2, 0) is 13.1 Å². The molecule has 7 heteroatoms. The fourth-order valence-electron chi connectivity index (χ4n) is 3.20. The Labute approximate surface area is 169 Å². The van der Waals surface area contributed by atoms with Gasteiger partial charge in [-0.3, -0.25) is 4.79 Å². The summed E-state index contributed by atoms with van der Waals surface area (Å²) >= 11 is 0. The minimum absolute atomic E-state index is 0.209. The lowest BCUT2D eigenvalue weighted by molar-refractivity contribution is 0.0927. The van der Waals surface area contributed by atoms with Crippen molar-refractivity contribution in [2.45, 2.75) is 26.1 Å². The highest BCUT2D eigenvalue weighted by Gasteiger charge is 2.18. The molecule has 146 valence electrons. The number of aromatic nitrogens is 5. The van der Waals surface area contributed by atoms with Gasteiger partial charge in [-0.05, 0) is 23.6 Å². The van der Waals surface area contributed by atoms with Crippen molar-refractivity contribution in [1.82, 2.24) is 29.9 Å². The van der Waals surface area contributed by atoms with Gasteiger partial charge in [0.15, 0.2) is 5.69 Å². The summed E-state index contributed by atoms with van der Waals surface area (Å²) in [7, 11) is 0. The predicted octanol–water partition coefficient (Wildman–Crippen LogP) is 3.00. The number of nitrogens with zero attached hydrogens (tertiary/aromatic N) is 5. The monoisotopic (exact) mass is 386 g/mol. The van der Waals surface area contributed by atoms with Crippen molar-refractivity contribution in [3.63, 3.8) is 0 Å². The third kappa shape index (κ3) is 4.57. The molecular formula is C22H22N6O. The van der Waals surface area contributed by atoms with Gasteiger partial charge in [-0.15, -0.1) is 5.10 Å². The van der Waals surface area contributed by atoms with E-state index in [-0.39, 0.29) is 11.9 Å². The van der Waals surface area contributed by atoms with E-state index in [0.29, 0.717) is 18.8 Å². The van der Waals surface area contributed by atoms with Crippen LogP contribution in [0.5, 0.6) is 0 Å². The van der Waals surface area contributed by atoms with Gasteiger partial charge in [-0.25, -0.2) is 9.67 Å². The molecule has 0 saturated heterocycles. The van der Waals surface area contributed by atoms with Gasteiger partial charge >= 0.3 is 0 Å². The van der Waals surface area contributed by atoms with Gasteiger partial charge in [0.2, 0.25) is 0 Å². The normalized spacial score (nSPS) is 11.9. The van der Waals surface area contributed by atoms with Gasteiger partial charge in [0.25, 0.3) is 5.91 Å². The summed E-state index contributed by atoms with van der Waals surface area (Å²) in [6.45, 7) is 3.21. The van der Waals surface area contributed by atoms with Crippen LogP contribution in [0.3, 0.4) is 0 Å². The summed E-state index contributed by atoms with van der Waals surface area (Å²) in [6.07, 6.45) is 7.02. The van der Waals surface area contributed by atoms with Crippen LogP contribution in [0, 0.1) is 6.92 Å². The third-order valence-electron chi connectivity index (χ3n) is 4.82. The van der Waals surface area contributed by atoms with Crippen molar-refractivity contribution in [3.05, 3.63) is 102 Å². The summed E-state index contributed by atoms with van der Waals surface area (Å²) < 4.78 is 3.62. The number of imidazole rings is 1. The standard InChI is InChI=1S/C22H22N6O/c1-17-7-5-6-10-19(17)13-28-15-21(25-26-28)22(29)24-20(14-27-12-11-23-16-27)18-8-3-2-4-9-18/h2-12,15-16,20H,13-14H2,1H3,(H,24,29). The van der Waals surface area contributed by atoms with E-state index in [1.165, 1.54) is 5.56 Å². The quantitative estimate of drug-likeness (QED) is 0.530. The highest BCUT2D eigenvalue weighted by atomic mass is 16.2. The Morgan fingerprint density at radius 2 is 1.90 bits per heavy atom. The third-order valence-corrected chi connectivity index (χ3v) is 4.82. The number of nitrogens with one attached hydrogen (secondary N) is 1. The smallest absolute Gasteiger partial charge is 0.274 e. The lowest BCUT2D eigenvalue weighted by Gasteiger charge is -2.19. The first-order chi connectivity index (χ1) is 14.2. The highest BCUT2D eigenvalue weighted by molar-refractivity contribution is 5.92. The minimum Gasteiger partial charge on any atom is -0.342 e. The molecule has 4 aromatic rings. The molecule has 2 aromatic carbocycles. The van der Waals surface area contributed by atoms with Crippen LogP contribution in [-0.4, -0.2) is 30.5 Å². The Kier molecular flexibility index (Phi) is 5.47. The Hall–Kier alpha value is -3.74. The summed E-state index contributed by atoms with van der Waals surface area (Å²) in [5.41, 5.74) is 3.64. The molecule has 0 fully saturated rings. The van der Waals surface area contributed by atoms with Crippen molar-refractivity contribution < 1.29 is 4.79 Å². The first-order valence-electron chi connectivity index (χ1n) is 9.45. The Morgan fingerprint density at radius 1 is 1.10 bits per heavy atom. The largest absolute Gasteiger partial charge is 0.342 e. The summed E-state index contributed by atoms with van der Waals surface area (Å²) in [4.78, 5) is 16.9. The van der Waals surface area contributed by atoms with Crippen molar-refractivity contribution >= 4 is 5.91 Å². The first kappa shape index (κ1) is 18.6. The second-order valence-corrected chi connectivity index (χ2v) is 6.92. The Morgan fingerprint density at radius 3 is 2.66 bits per heavy atom. The van der Waals surface area contributed by atoms with E-state index < -0.39 is 0 Å². The number of carbonyl (C=O) groups is 1. The number of hydrogen-bond donors (Lipinski definition) is 1. The molecule has 29 heavy (non-hydrogen) atoms. The molecule has 0 spiro atoms. The van der Waals surface area contributed by atoms with E-state index in [0.717, 1.165) is 11.1 Å². The lowest BCUT2D eigenvalue weighted by Crippen LogP contribution is -2.31. The molecule has 0 aliphatic carbocycles. The van der Waals surface area contributed by atoms with Crippen LogP contribution in [0.4, 0.5) is 0 Å². The van der Waals surface area contributed by atoms with Gasteiger partial charge in [0.1, 0.15) is 0 Å². The van der Waals surface area contributed by atoms with Crippen LogP contribution < -0.4 is 5.32 Å². The van der Waals surface area contributed by atoms with Gasteiger partial charge in [0, 0.05) is 18.9 Å². The van der Waals surface area contributed by atoms with Crippen molar-refractivity contribution in [1.29, 1.82) is 0 Å². The molecule has 1 N–H and O–H groups in total. The molecule has 2 aromatic heterocycles. The van der Waals surface area contributed by atoms with E-state index in [1.54, 1.807) is 23.4 Å².